The van der Waals surface area contributed by atoms with Crippen LogP contribution < -0.4 is 10.6 Å². The predicted molar refractivity (Wildman–Crippen MR) is 78.4 cm³/mol. The van der Waals surface area contributed by atoms with Gasteiger partial charge in [-0.05, 0) is 49.7 Å². The SMILES string of the molecule is O=C(N[C@@H](c1ccc(C(F)(F)F)cc1F)C1CC1)[C@H]1CC2C[C@H]2N1. The average molecular weight is 342 g/mol. The van der Waals surface area contributed by atoms with Gasteiger partial charge < -0.3 is 10.6 Å². The summed E-state index contributed by atoms with van der Waals surface area (Å²) in [5.41, 5.74) is -0.871. The summed E-state index contributed by atoms with van der Waals surface area (Å²) in [6.45, 7) is 0. The molecule has 0 bridgehead atoms. The molecule has 130 valence electrons. The largest absolute Gasteiger partial charge is 0.416 e. The highest BCUT2D eigenvalue weighted by Crippen LogP contribution is 2.44. The zero-order valence-corrected chi connectivity index (χ0v) is 12.9. The Morgan fingerprint density at radius 1 is 1.25 bits per heavy atom. The van der Waals surface area contributed by atoms with Crippen LogP contribution in [-0.4, -0.2) is 18.0 Å². The van der Waals surface area contributed by atoms with E-state index in [4.69, 9.17) is 0 Å². The summed E-state index contributed by atoms with van der Waals surface area (Å²) < 4.78 is 52.3. The van der Waals surface area contributed by atoms with Gasteiger partial charge in [0.1, 0.15) is 5.82 Å². The van der Waals surface area contributed by atoms with Crippen LogP contribution in [0.3, 0.4) is 0 Å². The Morgan fingerprint density at radius 3 is 2.54 bits per heavy atom. The lowest BCUT2D eigenvalue weighted by Crippen LogP contribution is -2.44. The monoisotopic (exact) mass is 342 g/mol. The molecule has 4 atom stereocenters. The van der Waals surface area contributed by atoms with E-state index in [1.54, 1.807) is 0 Å². The number of amides is 1. The van der Waals surface area contributed by atoms with Crippen LogP contribution in [0, 0.1) is 17.7 Å². The van der Waals surface area contributed by atoms with Gasteiger partial charge in [-0.1, -0.05) is 6.07 Å². The van der Waals surface area contributed by atoms with Gasteiger partial charge in [0.2, 0.25) is 5.91 Å². The summed E-state index contributed by atoms with van der Waals surface area (Å²) in [4.78, 5) is 12.4. The highest BCUT2D eigenvalue weighted by atomic mass is 19.4. The molecular formula is C17H18F4N2O. The maximum Gasteiger partial charge on any atom is 0.416 e. The van der Waals surface area contributed by atoms with E-state index in [9.17, 15) is 22.4 Å². The van der Waals surface area contributed by atoms with Crippen LogP contribution in [0.4, 0.5) is 17.6 Å². The molecule has 2 saturated carbocycles. The second kappa shape index (κ2) is 5.44. The number of alkyl halides is 3. The first kappa shape index (κ1) is 15.9. The van der Waals surface area contributed by atoms with E-state index in [1.165, 1.54) is 0 Å². The molecule has 1 unspecified atom stereocenters. The molecule has 3 aliphatic rings. The van der Waals surface area contributed by atoms with Crippen molar-refractivity contribution in [3.05, 3.63) is 35.1 Å². The summed E-state index contributed by atoms with van der Waals surface area (Å²) >= 11 is 0. The minimum atomic E-state index is -4.58. The lowest BCUT2D eigenvalue weighted by atomic mass is 9.99. The second-order valence-electron chi connectivity index (χ2n) is 7.11. The molecule has 24 heavy (non-hydrogen) atoms. The molecule has 0 aromatic heterocycles. The molecule has 3 nitrogen and oxygen atoms in total. The molecule has 1 amide bonds. The molecule has 1 heterocycles. The first-order valence-electron chi connectivity index (χ1n) is 8.26. The van der Waals surface area contributed by atoms with E-state index in [-0.39, 0.29) is 23.4 Å². The number of piperidine rings is 1. The molecule has 1 aliphatic heterocycles. The summed E-state index contributed by atoms with van der Waals surface area (Å²) in [6, 6.07) is 2.14. The van der Waals surface area contributed by atoms with Gasteiger partial charge >= 0.3 is 6.18 Å². The molecule has 7 heteroatoms. The molecule has 3 fully saturated rings. The lowest BCUT2D eigenvalue weighted by molar-refractivity contribution is -0.137. The van der Waals surface area contributed by atoms with E-state index in [0.717, 1.165) is 37.8 Å². The van der Waals surface area contributed by atoms with Gasteiger partial charge in [0.25, 0.3) is 0 Å². The van der Waals surface area contributed by atoms with E-state index >= 15 is 0 Å². The first-order valence-corrected chi connectivity index (χ1v) is 8.26. The van der Waals surface area contributed by atoms with Crippen LogP contribution in [-0.2, 0) is 11.0 Å². The van der Waals surface area contributed by atoms with Gasteiger partial charge in [0, 0.05) is 11.6 Å². The third-order valence-electron chi connectivity index (χ3n) is 5.25. The predicted octanol–water partition coefficient (Wildman–Crippen LogP) is 3.16. The number of benzene rings is 1. The Morgan fingerprint density at radius 2 is 2.00 bits per heavy atom. The van der Waals surface area contributed by atoms with Gasteiger partial charge in [0.05, 0.1) is 17.6 Å². The molecule has 1 aromatic carbocycles. The van der Waals surface area contributed by atoms with Crippen molar-refractivity contribution in [2.24, 2.45) is 11.8 Å². The summed E-state index contributed by atoms with van der Waals surface area (Å²) in [7, 11) is 0. The fourth-order valence-electron chi connectivity index (χ4n) is 3.61. The Labute approximate surface area is 136 Å². The topological polar surface area (TPSA) is 41.1 Å². The Hall–Kier alpha value is -1.63. The van der Waals surface area contributed by atoms with Crippen molar-refractivity contribution in [1.29, 1.82) is 0 Å². The van der Waals surface area contributed by atoms with Crippen molar-refractivity contribution in [3.8, 4) is 0 Å². The summed E-state index contributed by atoms with van der Waals surface area (Å²) in [6.07, 6.45) is -1.01. The third-order valence-corrected chi connectivity index (χ3v) is 5.25. The Kier molecular flexibility index (Phi) is 3.60. The minimum absolute atomic E-state index is 0.0936. The van der Waals surface area contributed by atoms with Crippen LogP contribution in [0.1, 0.15) is 42.9 Å². The summed E-state index contributed by atoms with van der Waals surface area (Å²) in [5, 5.41) is 6.09. The number of carbonyl (C=O) groups excluding carboxylic acids is 1. The molecule has 2 aliphatic carbocycles. The molecule has 4 rings (SSSR count). The van der Waals surface area contributed by atoms with E-state index in [0.29, 0.717) is 18.0 Å². The molecule has 2 N–H and O–H groups in total. The average Bonchev–Trinajstić information content (AvgIpc) is 3.43. The number of hydrogen-bond donors (Lipinski definition) is 2. The van der Waals surface area contributed by atoms with Crippen molar-refractivity contribution >= 4 is 5.91 Å². The van der Waals surface area contributed by atoms with Gasteiger partial charge in [0.15, 0.2) is 0 Å². The van der Waals surface area contributed by atoms with Gasteiger partial charge in [-0.3, -0.25) is 4.79 Å². The van der Waals surface area contributed by atoms with Crippen molar-refractivity contribution < 1.29 is 22.4 Å². The molecule has 1 aromatic rings. The Bertz CT molecular complexity index is 661. The normalized spacial score (nSPS) is 29.9. The standard InChI is InChI=1S/C17H18F4N2O/c18-12-7-10(17(19,20)21)3-4-11(12)15(8-1-2-8)23-16(24)14-6-9-5-13(9)22-14/h3-4,7-9,13-15,22H,1-2,5-6H2,(H,23,24)/t9?,13-,14-,15-/m1/s1. The van der Waals surface area contributed by atoms with Crippen LogP contribution in [0.15, 0.2) is 18.2 Å². The smallest absolute Gasteiger partial charge is 0.348 e. The quantitative estimate of drug-likeness (QED) is 0.826. The third kappa shape index (κ3) is 3.01. The zero-order valence-electron chi connectivity index (χ0n) is 12.9. The maximum absolute atomic E-state index is 14.2. The van der Waals surface area contributed by atoms with E-state index in [2.05, 4.69) is 10.6 Å². The minimum Gasteiger partial charge on any atom is -0.348 e. The van der Waals surface area contributed by atoms with Gasteiger partial charge in [-0.15, -0.1) is 0 Å². The van der Waals surface area contributed by atoms with Crippen LogP contribution in [0.2, 0.25) is 0 Å². The first-order chi connectivity index (χ1) is 11.3. The van der Waals surface area contributed by atoms with Crippen molar-refractivity contribution in [2.75, 3.05) is 0 Å². The van der Waals surface area contributed by atoms with E-state index < -0.39 is 23.6 Å². The fraction of sp³-hybridized carbons (Fsp3) is 0.588. The van der Waals surface area contributed by atoms with Crippen molar-refractivity contribution in [3.63, 3.8) is 0 Å². The maximum atomic E-state index is 14.2. The van der Waals surface area contributed by atoms with Crippen molar-refractivity contribution in [2.45, 2.75) is 50.0 Å². The molecule has 0 radical (unpaired) electrons. The lowest BCUT2D eigenvalue weighted by Gasteiger charge is -2.23. The summed E-state index contributed by atoms with van der Waals surface area (Å²) in [5.74, 6) is -0.443. The van der Waals surface area contributed by atoms with E-state index in [1.807, 2.05) is 0 Å². The number of hydrogen-bond acceptors (Lipinski definition) is 2. The zero-order chi connectivity index (χ0) is 17.1. The van der Waals surface area contributed by atoms with Gasteiger partial charge in [-0.25, -0.2) is 4.39 Å². The second-order valence-corrected chi connectivity index (χ2v) is 7.11. The number of halogens is 4. The number of nitrogens with one attached hydrogen (secondary N) is 2. The number of rotatable bonds is 4. The highest BCUT2D eigenvalue weighted by molar-refractivity contribution is 5.83. The molecular weight excluding hydrogens is 324 g/mol. The fourth-order valence-corrected chi connectivity index (χ4v) is 3.61. The van der Waals surface area contributed by atoms with Gasteiger partial charge in [-0.2, -0.15) is 13.2 Å². The molecule has 1 saturated heterocycles. The Balaban J connectivity index is 1.51. The van der Waals surface area contributed by atoms with Crippen LogP contribution in [0.5, 0.6) is 0 Å². The highest BCUT2D eigenvalue weighted by Gasteiger charge is 2.48. The molecule has 0 spiro atoms. The van der Waals surface area contributed by atoms with Crippen molar-refractivity contribution in [1.82, 2.24) is 10.6 Å². The number of carbonyl (C=O) groups is 1. The number of fused-ring (bicyclic) bond motifs is 1. The van der Waals surface area contributed by atoms with Crippen LogP contribution >= 0.6 is 0 Å². The van der Waals surface area contributed by atoms with Crippen LogP contribution in [0.25, 0.3) is 0 Å².